The Hall–Kier alpha value is -1.85. The summed E-state index contributed by atoms with van der Waals surface area (Å²) >= 11 is 12.2. The molecule has 2 rings (SSSR count). The molecule has 0 bridgehead atoms. The third-order valence-electron chi connectivity index (χ3n) is 6.22. The highest BCUT2D eigenvalue weighted by atomic mass is 35.5. The van der Waals surface area contributed by atoms with Gasteiger partial charge in [0.15, 0.2) is 0 Å². The first-order chi connectivity index (χ1) is 15.6. The second-order valence-corrected chi connectivity index (χ2v) is 10.2. The van der Waals surface area contributed by atoms with E-state index in [1.165, 1.54) is 0 Å². The first-order valence-electron chi connectivity index (χ1n) is 11.3. The van der Waals surface area contributed by atoms with Crippen LogP contribution in [-0.2, 0) is 11.2 Å². The highest BCUT2D eigenvalue weighted by Crippen LogP contribution is 2.39. The Bertz CT molecular complexity index is 916. The molecule has 3 N–H and O–H groups in total. The van der Waals surface area contributed by atoms with E-state index in [0.717, 1.165) is 11.1 Å². The van der Waals surface area contributed by atoms with Gasteiger partial charge in [-0.15, -0.1) is 6.58 Å². The number of aliphatic hydroxyl groups excluding tert-OH is 2. The van der Waals surface area contributed by atoms with Gasteiger partial charge >= 0.3 is 0 Å². The van der Waals surface area contributed by atoms with Crippen LogP contribution in [0.5, 0.6) is 0 Å². The number of amides is 1. The van der Waals surface area contributed by atoms with Gasteiger partial charge in [0.1, 0.15) is 0 Å². The minimum Gasteiger partial charge on any atom is -0.394 e. The standard InChI is InChI=1S/C27H35Cl2NO3/c1-5-13-27(4,26(33)30-24(17-31)18(2)3)16-21(14-19-7-6-8-23(29)15-19)25(32)20-9-11-22(28)12-10-20/h5-12,15,18,21,24-25,31-32H,1,13-14,16-17H2,2-4H3,(H,30,33)/t21-,24?,25-,27-/m0/s1. The van der Waals surface area contributed by atoms with Gasteiger partial charge < -0.3 is 15.5 Å². The summed E-state index contributed by atoms with van der Waals surface area (Å²) in [6, 6.07) is 14.3. The molecule has 0 aromatic heterocycles. The largest absolute Gasteiger partial charge is 0.394 e. The van der Waals surface area contributed by atoms with Gasteiger partial charge in [0.05, 0.1) is 24.2 Å². The van der Waals surface area contributed by atoms with E-state index in [2.05, 4.69) is 11.9 Å². The third kappa shape index (κ3) is 7.86. The van der Waals surface area contributed by atoms with E-state index in [9.17, 15) is 15.0 Å². The van der Waals surface area contributed by atoms with Crippen LogP contribution in [0.4, 0.5) is 0 Å². The van der Waals surface area contributed by atoms with Crippen LogP contribution in [0.15, 0.2) is 61.2 Å². The van der Waals surface area contributed by atoms with Crippen molar-refractivity contribution in [2.24, 2.45) is 17.3 Å². The minimum absolute atomic E-state index is 0.0915. The average molecular weight is 492 g/mol. The number of hydrogen-bond donors (Lipinski definition) is 3. The molecule has 4 atom stereocenters. The summed E-state index contributed by atoms with van der Waals surface area (Å²) in [7, 11) is 0. The number of aliphatic hydroxyl groups is 2. The lowest BCUT2D eigenvalue weighted by molar-refractivity contribution is -0.133. The molecule has 2 aromatic carbocycles. The van der Waals surface area contributed by atoms with Crippen molar-refractivity contribution >= 4 is 29.1 Å². The van der Waals surface area contributed by atoms with Gasteiger partial charge in [0, 0.05) is 10.0 Å². The summed E-state index contributed by atoms with van der Waals surface area (Å²) in [6.45, 7) is 9.52. The van der Waals surface area contributed by atoms with E-state index in [1.807, 2.05) is 57.2 Å². The van der Waals surface area contributed by atoms with E-state index in [4.69, 9.17) is 23.2 Å². The summed E-state index contributed by atoms with van der Waals surface area (Å²) in [5, 5.41) is 25.3. The molecule has 0 saturated carbocycles. The predicted molar refractivity (Wildman–Crippen MR) is 136 cm³/mol. The lowest BCUT2D eigenvalue weighted by Crippen LogP contribution is -2.48. The Morgan fingerprint density at radius 1 is 1.15 bits per heavy atom. The zero-order valence-corrected chi connectivity index (χ0v) is 21.1. The third-order valence-corrected chi connectivity index (χ3v) is 6.71. The average Bonchev–Trinajstić information content (AvgIpc) is 2.76. The molecule has 2 aromatic rings. The second kappa shape index (κ2) is 12.6. The fourth-order valence-electron chi connectivity index (χ4n) is 4.13. The molecule has 0 heterocycles. The predicted octanol–water partition coefficient (Wildman–Crippen LogP) is 5.99. The lowest BCUT2D eigenvalue weighted by Gasteiger charge is -2.35. The van der Waals surface area contributed by atoms with Gasteiger partial charge in [-0.2, -0.15) is 0 Å². The zero-order valence-electron chi connectivity index (χ0n) is 19.6. The monoisotopic (exact) mass is 491 g/mol. The van der Waals surface area contributed by atoms with Crippen LogP contribution in [0.1, 0.15) is 50.8 Å². The minimum atomic E-state index is -0.819. The van der Waals surface area contributed by atoms with Gasteiger partial charge in [0.2, 0.25) is 5.91 Å². The number of nitrogens with one attached hydrogen (secondary N) is 1. The van der Waals surface area contributed by atoms with Crippen LogP contribution in [0.2, 0.25) is 10.0 Å². The fourth-order valence-corrected chi connectivity index (χ4v) is 4.46. The zero-order chi connectivity index (χ0) is 24.6. The molecule has 180 valence electrons. The van der Waals surface area contributed by atoms with Gasteiger partial charge in [-0.3, -0.25) is 4.79 Å². The van der Waals surface area contributed by atoms with E-state index in [-0.39, 0.29) is 30.4 Å². The summed E-state index contributed by atoms with van der Waals surface area (Å²) in [5.74, 6) is -0.338. The van der Waals surface area contributed by atoms with E-state index in [0.29, 0.717) is 29.3 Å². The Balaban J connectivity index is 2.38. The van der Waals surface area contributed by atoms with Crippen molar-refractivity contribution in [3.05, 3.63) is 82.4 Å². The van der Waals surface area contributed by atoms with Crippen molar-refractivity contribution in [1.29, 1.82) is 0 Å². The van der Waals surface area contributed by atoms with Crippen molar-refractivity contribution < 1.29 is 15.0 Å². The van der Waals surface area contributed by atoms with Crippen molar-refractivity contribution in [3.63, 3.8) is 0 Å². The Morgan fingerprint density at radius 3 is 2.36 bits per heavy atom. The summed E-state index contributed by atoms with van der Waals surface area (Å²) < 4.78 is 0. The van der Waals surface area contributed by atoms with E-state index < -0.39 is 11.5 Å². The van der Waals surface area contributed by atoms with Crippen molar-refractivity contribution in [2.75, 3.05) is 6.61 Å². The SMILES string of the molecule is C=CC[C@@](C)(C[C@H](Cc1cccc(Cl)c1)[C@@H](O)c1ccc(Cl)cc1)C(=O)NC(CO)C(C)C. The first kappa shape index (κ1) is 27.4. The molecule has 0 aliphatic rings. The van der Waals surface area contributed by atoms with Crippen LogP contribution in [-0.4, -0.2) is 28.8 Å². The smallest absolute Gasteiger partial charge is 0.226 e. The van der Waals surface area contributed by atoms with Crippen LogP contribution >= 0.6 is 23.2 Å². The number of carbonyl (C=O) groups excluding carboxylic acids is 1. The Kier molecular flexibility index (Phi) is 10.4. The maximum absolute atomic E-state index is 13.4. The lowest BCUT2D eigenvalue weighted by atomic mass is 9.73. The molecule has 4 nitrogen and oxygen atoms in total. The van der Waals surface area contributed by atoms with Gasteiger partial charge in [0.25, 0.3) is 0 Å². The molecule has 0 radical (unpaired) electrons. The molecule has 0 spiro atoms. The van der Waals surface area contributed by atoms with Crippen LogP contribution in [0.3, 0.4) is 0 Å². The Labute approximate surface area is 207 Å². The molecule has 33 heavy (non-hydrogen) atoms. The normalized spacial score (nSPS) is 16.0. The second-order valence-electron chi connectivity index (χ2n) is 9.35. The maximum atomic E-state index is 13.4. The van der Waals surface area contributed by atoms with Crippen molar-refractivity contribution in [2.45, 2.75) is 52.2 Å². The highest BCUT2D eigenvalue weighted by Gasteiger charge is 2.38. The number of benzene rings is 2. The molecule has 1 unspecified atom stereocenters. The van der Waals surface area contributed by atoms with Gasteiger partial charge in [-0.25, -0.2) is 0 Å². The maximum Gasteiger partial charge on any atom is 0.226 e. The molecule has 0 saturated heterocycles. The van der Waals surface area contributed by atoms with Crippen molar-refractivity contribution in [1.82, 2.24) is 5.32 Å². The molecular weight excluding hydrogens is 457 g/mol. The highest BCUT2D eigenvalue weighted by molar-refractivity contribution is 6.30. The van der Waals surface area contributed by atoms with E-state index in [1.54, 1.807) is 18.2 Å². The van der Waals surface area contributed by atoms with Crippen LogP contribution in [0, 0.1) is 17.3 Å². The molecule has 0 aliphatic heterocycles. The molecule has 0 fully saturated rings. The Morgan fingerprint density at radius 2 is 1.82 bits per heavy atom. The molecule has 0 aliphatic carbocycles. The summed E-state index contributed by atoms with van der Waals surface area (Å²) in [6.07, 6.45) is 2.31. The molecule has 6 heteroatoms. The van der Waals surface area contributed by atoms with Gasteiger partial charge in [-0.1, -0.05) is 74.3 Å². The van der Waals surface area contributed by atoms with Crippen LogP contribution in [0.25, 0.3) is 0 Å². The number of allylic oxidation sites excluding steroid dienone is 1. The summed E-state index contributed by atoms with van der Waals surface area (Å²) in [4.78, 5) is 13.4. The number of halogens is 2. The first-order valence-corrected chi connectivity index (χ1v) is 12.1. The van der Waals surface area contributed by atoms with E-state index >= 15 is 0 Å². The topological polar surface area (TPSA) is 69.6 Å². The quantitative estimate of drug-likeness (QED) is 0.319. The number of carbonyl (C=O) groups is 1. The number of hydrogen-bond acceptors (Lipinski definition) is 3. The number of rotatable bonds is 12. The van der Waals surface area contributed by atoms with Gasteiger partial charge in [-0.05, 0) is 66.5 Å². The van der Waals surface area contributed by atoms with Crippen LogP contribution < -0.4 is 5.32 Å². The summed E-state index contributed by atoms with van der Waals surface area (Å²) in [5.41, 5.74) is 0.904. The van der Waals surface area contributed by atoms with Crippen molar-refractivity contribution in [3.8, 4) is 0 Å². The molecule has 1 amide bonds. The fraction of sp³-hybridized carbons (Fsp3) is 0.444. The molecular formula is C27H35Cl2NO3.